The van der Waals surface area contributed by atoms with Crippen LogP contribution in [0.5, 0.6) is 0 Å². The van der Waals surface area contributed by atoms with Crippen LogP contribution in [0.1, 0.15) is 6.42 Å². The fourth-order valence-corrected chi connectivity index (χ4v) is 2.35. The molecule has 98 valence electrons. The van der Waals surface area contributed by atoms with Gasteiger partial charge in [0.1, 0.15) is 0 Å². The lowest BCUT2D eigenvalue weighted by atomic mass is 10.1. The van der Waals surface area contributed by atoms with Crippen molar-refractivity contribution in [1.82, 2.24) is 4.57 Å². The molecule has 2 rings (SSSR count). The number of anilines is 1. The highest BCUT2D eigenvalue weighted by atomic mass is 16.3. The van der Waals surface area contributed by atoms with Gasteiger partial charge in [0.25, 0.3) is 0 Å². The average Bonchev–Trinajstić information content (AvgIpc) is 2.73. The van der Waals surface area contributed by atoms with Crippen LogP contribution in [0.15, 0.2) is 30.5 Å². The molecule has 0 aliphatic heterocycles. The van der Waals surface area contributed by atoms with Crippen LogP contribution in [0.3, 0.4) is 0 Å². The van der Waals surface area contributed by atoms with Gasteiger partial charge in [0.2, 0.25) is 0 Å². The summed E-state index contributed by atoms with van der Waals surface area (Å²) in [7, 11) is 3.97. The molecule has 0 spiro atoms. The maximum Gasteiger partial charge on any atom is 0.0635 e. The van der Waals surface area contributed by atoms with E-state index in [-0.39, 0.29) is 19.3 Å². The van der Waals surface area contributed by atoms with E-state index in [1.807, 2.05) is 31.1 Å². The topological polar surface area (TPSA) is 48.6 Å². The first-order valence-electron chi connectivity index (χ1n) is 6.17. The second kappa shape index (κ2) is 5.42. The summed E-state index contributed by atoms with van der Waals surface area (Å²) in [6.45, 7) is 0.126. The van der Waals surface area contributed by atoms with Gasteiger partial charge in [-0.2, -0.15) is 0 Å². The zero-order valence-electron chi connectivity index (χ0n) is 10.9. The van der Waals surface area contributed by atoms with E-state index in [0.717, 1.165) is 5.69 Å². The van der Waals surface area contributed by atoms with Crippen LogP contribution in [0.4, 0.5) is 5.69 Å². The molecule has 0 aliphatic carbocycles. The summed E-state index contributed by atoms with van der Waals surface area (Å²) in [5.74, 6) is 0. The number of fused-ring (bicyclic) bond motifs is 1. The predicted molar refractivity (Wildman–Crippen MR) is 73.9 cm³/mol. The van der Waals surface area contributed by atoms with Crippen molar-refractivity contribution >= 4 is 16.6 Å². The highest BCUT2D eigenvalue weighted by molar-refractivity contribution is 5.93. The van der Waals surface area contributed by atoms with E-state index in [1.165, 1.54) is 10.9 Å². The van der Waals surface area contributed by atoms with Gasteiger partial charge < -0.3 is 19.7 Å². The van der Waals surface area contributed by atoms with E-state index < -0.39 is 0 Å². The van der Waals surface area contributed by atoms with E-state index >= 15 is 0 Å². The van der Waals surface area contributed by atoms with E-state index in [1.54, 1.807) is 0 Å². The summed E-state index contributed by atoms with van der Waals surface area (Å²) in [4.78, 5) is 2.04. The molecule has 1 unspecified atom stereocenters. The lowest BCUT2D eigenvalue weighted by Crippen LogP contribution is -2.35. The Balaban J connectivity index is 2.41. The van der Waals surface area contributed by atoms with Gasteiger partial charge in [-0.1, -0.05) is 18.2 Å². The first-order chi connectivity index (χ1) is 8.69. The molecule has 0 fully saturated rings. The highest BCUT2D eigenvalue weighted by Gasteiger charge is 2.17. The fraction of sp³-hybridized carbons (Fsp3) is 0.429. The number of aliphatic hydroxyl groups excluding tert-OH is 2. The minimum atomic E-state index is -0.0548. The molecule has 1 aromatic heterocycles. The van der Waals surface area contributed by atoms with Crippen LogP contribution in [0.2, 0.25) is 0 Å². The summed E-state index contributed by atoms with van der Waals surface area (Å²) in [5, 5.41) is 19.6. The monoisotopic (exact) mass is 248 g/mol. The lowest BCUT2D eigenvalue weighted by molar-refractivity contribution is 0.218. The van der Waals surface area contributed by atoms with Crippen molar-refractivity contribution in [3.8, 4) is 0 Å². The Morgan fingerprint density at radius 3 is 2.67 bits per heavy atom. The number of likely N-dealkylation sites (N-methyl/N-ethyl adjacent to an activating group) is 1. The molecule has 4 nitrogen and oxygen atoms in total. The summed E-state index contributed by atoms with van der Waals surface area (Å²) in [6, 6.07) is 8.13. The Hall–Kier alpha value is -1.52. The third-order valence-corrected chi connectivity index (χ3v) is 3.48. The van der Waals surface area contributed by atoms with Crippen molar-refractivity contribution in [3.63, 3.8) is 0 Å². The minimum Gasteiger partial charge on any atom is -0.396 e. The molecule has 0 bridgehead atoms. The number of aliphatic hydroxyl groups is 2. The van der Waals surface area contributed by atoms with Gasteiger partial charge in [0.15, 0.2) is 0 Å². The largest absolute Gasteiger partial charge is 0.396 e. The zero-order chi connectivity index (χ0) is 13.1. The molecule has 0 radical (unpaired) electrons. The second-order valence-electron chi connectivity index (χ2n) is 4.60. The molecule has 0 saturated carbocycles. The fourth-order valence-electron chi connectivity index (χ4n) is 2.35. The third-order valence-electron chi connectivity index (χ3n) is 3.48. The number of hydrogen-bond donors (Lipinski definition) is 2. The third kappa shape index (κ3) is 2.21. The van der Waals surface area contributed by atoms with Gasteiger partial charge in [-0.05, 0) is 12.5 Å². The van der Waals surface area contributed by atoms with Gasteiger partial charge in [-0.25, -0.2) is 0 Å². The molecule has 2 N–H and O–H groups in total. The van der Waals surface area contributed by atoms with Crippen LogP contribution in [-0.2, 0) is 7.05 Å². The number of nitrogens with zero attached hydrogens (tertiary/aromatic N) is 2. The first kappa shape index (κ1) is 12.9. The molecule has 4 heteroatoms. The Bertz CT molecular complexity index is 521. The summed E-state index contributed by atoms with van der Waals surface area (Å²) >= 11 is 0. The van der Waals surface area contributed by atoms with E-state index in [9.17, 15) is 5.11 Å². The Morgan fingerprint density at radius 2 is 2.00 bits per heavy atom. The Kier molecular flexibility index (Phi) is 3.89. The van der Waals surface area contributed by atoms with Crippen molar-refractivity contribution in [1.29, 1.82) is 0 Å². The van der Waals surface area contributed by atoms with E-state index in [2.05, 4.69) is 22.9 Å². The maximum atomic E-state index is 9.41. The second-order valence-corrected chi connectivity index (χ2v) is 4.60. The van der Waals surface area contributed by atoms with Gasteiger partial charge in [0.05, 0.1) is 18.3 Å². The zero-order valence-corrected chi connectivity index (χ0v) is 10.9. The van der Waals surface area contributed by atoms with Crippen molar-refractivity contribution in [2.75, 3.05) is 25.2 Å². The number of benzene rings is 1. The average molecular weight is 248 g/mol. The quantitative estimate of drug-likeness (QED) is 0.840. The number of aryl methyl sites for hydroxylation is 1. The van der Waals surface area contributed by atoms with E-state index in [0.29, 0.717) is 6.42 Å². The standard InChI is InChI=1S/C14H20N2O2/c1-15-9-14(12-5-3-4-6-13(12)15)16(2)11(10-18)7-8-17/h3-6,9,11,17-18H,7-8,10H2,1-2H3. The summed E-state index contributed by atoms with van der Waals surface area (Å²) < 4.78 is 2.08. The number of rotatable bonds is 5. The van der Waals surface area contributed by atoms with Gasteiger partial charge in [0, 0.05) is 37.8 Å². The number of hydrogen-bond acceptors (Lipinski definition) is 3. The van der Waals surface area contributed by atoms with Gasteiger partial charge in [-0.3, -0.25) is 0 Å². The molecule has 1 aromatic carbocycles. The molecule has 2 aromatic rings. The molecule has 0 saturated heterocycles. The highest BCUT2D eigenvalue weighted by Crippen LogP contribution is 2.29. The lowest BCUT2D eigenvalue weighted by Gasteiger charge is -2.27. The van der Waals surface area contributed by atoms with E-state index in [4.69, 9.17) is 5.11 Å². The van der Waals surface area contributed by atoms with Gasteiger partial charge in [-0.15, -0.1) is 0 Å². The molecular formula is C14H20N2O2. The SMILES string of the molecule is CN(c1cn(C)c2ccccc12)C(CO)CCO. The van der Waals surface area contributed by atoms with Crippen molar-refractivity contribution in [2.24, 2.45) is 7.05 Å². The van der Waals surface area contributed by atoms with Crippen LogP contribution in [0, 0.1) is 0 Å². The van der Waals surface area contributed by atoms with Gasteiger partial charge >= 0.3 is 0 Å². The van der Waals surface area contributed by atoms with Crippen molar-refractivity contribution < 1.29 is 10.2 Å². The Morgan fingerprint density at radius 1 is 1.28 bits per heavy atom. The normalized spacial score (nSPS) is 12.9. The molecular weight excluding hydrogens is 228 g/mol. The molecule has 18 heavy (non-hydrogen) atoms. The van der Waals surface area contributed by atoms with Crippen LogP contribution in [0.25, 0.3) is 10.9 Å². The van der Waals surface area contributed by atoms with Crippen molar-refractivity contribution in [3.05, 3.63) is 30.5 Å². The predicted octanol–water partition coefficient (Wildman–Crippen LogP) is 1.36. The van der Waals surface area contributed by atoms with Crippen molar-refractivity contribution in [2.45, 2.75) is 12.5 Å². The first-order valence-corrected chi connectivity index (χ1v) is 6.17. The smallest absolute Gasteiger partial charge is 0.0635 e. The maximum absolute atomic E-state index is 9.41. The Labute approximate surface area is 107 Å². The summed E-state index contributed by atoms with van der Waals surface area (Å²) in [6.07, 6.45) is 2.63. The minimum absolute atomic E-state index is 0.0419. The molecule has 0 aliphatic rings. The molecule has 1 atom stereocenters. The number of para-hydroxylation sites is 1. The summed E-state index contributed by atoms with van der Waals surface area (Å²) in [5.41, 5.74) is 2.25. The molecule has 1 heterocycles. The number of aromatic nitrogens is 1. The molecule has 0 amide bonds. The van der Waals surface area contributed by atoms with Crippen LogP contribution in [-0.4, -0.2) is 41.1 Å². The van der Waals surface area contributed by atoms with Crippen LogP contribution < -0.4 is 4.90 Å². The van der Waals surface area contributed by atoms with Crippen LogP contribution >= 0.6 is 0 Å².